The summed E-state index contributed by atoms with van der Waals surface area (Å²) >= 11 is 0. The second-order valence-electron chi connectivity index (χ2n) is 5.90. The Labute approximate surface area is 130 Å². The van der Waals surface area contributed by atoms with Crippen LogP contribution in [-0.2, 0) is 6.61 Å². The molecule has 0 spiro atoms. The first-order valence-corrected chi connectivity index (χ1v) is 7.57. The highest BCUT2D eigenvalue weighted by Crippen LogP contribution is 2.28. The maximum Gasteiger partial charge on any atom is 0.128 e. The molecule has 0 aliphatic rings. The molecule has 0 unspecified atom stereocenters. The Morgan fingerprint density at radius 2 is 1.86 bits per heavy atom. The molecule has 0 fully saturated rings. The Hall–Kier alpha value is -2.42. The largest absolute Gasteiger partial charge is 0.508 e. The Morgan fingerprint density at radius 1 is 1.09 bits per heavy atom. The van der Waals surface area contributed by atoms with Crippen molar-refractivity contribution in [1.29, 1.82) is 0 Å². The number of fused-ring (bicyclic) bond motifs is 1. The number of phenolic OH excluding ortho intramolecular Hbond substituents is 1. The number of rotatable bonds is 4. The molecule has 0 saturated heterocycles. The first-order chi connectivity index (χ1) is 10.6. The summed E-state index contributed by atoms with van der Waals surface area (Å²) in [4.78, 5) is 0. The number of aryl methyl sites for hydroxylation is 1. The molecule has 3 heteroatoms. The Bertz CT molecular complexity index is 802. The van der Waals surface area contributed by atoms with Crippen molar-refractivity contribution >= 4 is 10.9 Å². The number of ether oxygens (including phenoxy) is 1. The fourth-order valence-corrected chi connectivity index (χ4v) is 2.86. The number of para-hydroxylation sites is 1. The number of nitrogens with zero attached hydrogens (tertiary/aromatic N) is 1. The molecule has 0 amide bonds. The van der Waals surface area contributed by atoms with Crippen LogP contribution in [0.3, 0.4) is 0 Å². The summed E-state index contributed by atoms with van der Waals surface area (Å²) in [5.41, 5.74) is 3.28. The summed E-state index contributed by atoms with van der Waals surface area (Å²) in [7, 11) is 0. The average Bonchev–Trinajstić information content (AvgIpc) is 2.84. The third kappa shape index (κ3) is 2.67. The zero-order valence-electron chi connectivity index (χ0n) is 13.2. The predicted molar refractivity (Wildman–Crippen MR) is 89.5 cm³/mol. The molecule has 2 aromatic carbocycles. The molecule has 3 rings (SSSR count). The summed E-state index contributed by atoms with van der Waals surface area (Å²) in [5.74, 6) is 1.20. The minimum Gasteiger partial charge on any atom is -0.508 e. The van der Waals surface area contributed by atoms with Crippen molar-refractivity contribution < 1.29 is 9.84 Å². The molecule has 0 radical (unpaired) electrons. The van der Waals surface area contributed by atoms with Crippen LogP contribution < -0.4 is 4.74 Å². The van der Waals surface area contributed by atoms with Gasteiger partial charge in [-0.3, -0.25) is 0 Å². The molecule has 0 aliphatic carbocycles. The summed E-state index contributed by atoms with van der Waals surface area (Å²) in [5, 5.41) is 10.9. The molecule has 1 aromatic heterocycles. The van der Waals surface area contributed by atoms with Gasteiger partial charge >= 0.3 is 0 Å². The first kappa shape index (κ1) is 14.5. The molecule has 0 aliphatic heterocycles. The highest BCUT2D eigenvalue weighted by Gasteiger charge is 2.13. The van der Waals surface area contributed by atoms with Gasteiger partial charge in [-0.2, -0.15) is 0 Å². The number of aromatic nitrogens is 1. The van der Waals surface area contributed by atoms with Gasteiger partial charge in [0.05, 0.1) is 11.2 Å². The summed E-state index contributed by atoms with van der Waals surface area (Å²) in [6.07, 6.45) is 0. The van der Waals surface area contributed by atoms with E-state index in [-0.39, 0.29) is 0 Å². The standard InChI is InChI=1S/C19H21NO2/c1-13(2)20-16(10-15-8-9-17(21)11-18(15)20)12-22-19-7-5-4-6-14(19)3/h4-11,13,21H,12H2,1-3H3. The maximum atomic E-state index is 9.75. The zero-order valence-corrected chi connectivity index (χ0v) is 13.2. The molecule has 22 heavy (non-hydrogen) atoms. The number of hydrogen-bond donors (Lipinski definition) is 1. The fraction of sp³-hybridized carbons (Fsp3) is 0.263. The van der Waals surface area contributed by atoms with Crippen LogP contribution in [-0.4, -0.2) is 9.67 Å². The lowest BCUT2D eigenvalue weighted by Crippen LogP contribution is -2.08. The van der Waals surface area contributed by atoms with Crippen molar-refractivity contribution in [2.24, 2.45) is 0 Å². The van der Waals surface area contributed by atoms with Crippen LogP contribution in [0.15, 0.2) is 48.5 Å². The van der Waals surface area contributed by atoms with Gasteiger partial charge in [0.2, 0.25) is 0 Å². The quantitative estimate of drug-likeness (QED) is 0.749. The highest BCUT2D eigenvalue weighted by atomic mass is 16.5. The van der Waals surface area contributed by atoms with Gasteiger partial charge in [0.15, 0.2) is 0 Å². The van der Waals surface area contributed by atoms with Crippen molar-refractivity contribution in [2.75, 3.05) is 0 Å². The number of benzene rings is 2. The van der Waals surface area contributed by atoms with E-state index in [0.29, 0.717) is 18.4 Å². The molecule has 0 atom stereocenters. The van der Waals surface area contributed by atoms with Crippen LogP contribution in [0.2, 0.25) is 0 Å². The molecule has 1 heterocycles. The lowest BCUT2D eigenvalue weighted by atomic mass is 10.2. The SMILES string of the molecule is Cc1ccccc1OCc1cc2ccc(O)cc2n1C(C)C. The lowest BCUT2D eigenvalue weighted by Gasteiger charge is -2.16. The van der Waals surface area contributed by atoms with E-state index in [1.54, 1.807) is 6.07 Å². The molecular weight excluding hydrogens is 274 g/mol. The van der Waals surface area contributed by atoms with Crippen LogP contribution in [0, 0.1) is 6.92 Å². The third-order valence-corrected chi connectivity index (χ3v) is 3.89. The van der Waals surface area contributed by atoms with Crippen molar-refractivity contribution in [1.82, 2.24) is 4.57 Å². The van der Waals surface area contributed by atoms with Crippen molar-refractivity contribution in [3.8, 4) is 11.5 Å². The number of phenols is 1. The van der Waals surface area contributed by atoms with Crippen LogP contribution in [0.4, 0.5) is 0 Å². The summed E-state index contributed by atoms with van der Waals surface area (Å²) in [6.45, 7) is 6.84. The minimum atomic E-state index is 0.291. The van der Waals surface area contributed by atoms with E-state index in [1.807, 2.05) is 43.3 Å². The van der Waals surface area contributed by atoms with Crippen molar-refractivity contribution in [3.05, 3.63) is 59.8 Å². The second kappa shape index (κ2) is 5.76. The predicted octanol–water partition coefficient (Wildman–Crippen LogP) is 4.82. The number of hydrogen-bond acceptors (Lipinski definition) is 2. The molecule has 0 saturated carbocycles. The summed E-state index contributed by atoms with van der Waals surface area (Å²) in [6, 6.07) is 15.9. The van der Waals surface area contributed by atoms with Crippen molar-refractivity contribution in [2.45, 2.75) is 33.4 Å². The molecule has 1 N–H and O–H groups in total. The van der Waals surface area contributed by atoms with E-state index >= 15 is 0 Å². The molecular formula is C19H21NO2. The monoisotopic (exact) mass is 295 g/mol. The van der Waals surface area contributed by atoms with Crippen LogP contribution in [0.25, 0.3) is 10.9 Å². The van der Waals surface area contributed by atoms with E-state index < -0.39 is 0 Å². The molecule has 0 bridgehead atoms. The van der Waals surface area contributed by atoms with Crippen LogP contribution >= 0.6 is 0 Å². The summed E-state index contributed by atoms with van der Waals surface area (Å²) < 4.78 is 8.21. The van der Waals surface area contributed by atoms with Crippen LogP contribution in [0.5, 0.6) is 11.5 Å². The normalized spacial score (nSPS) is 11.3. The van der Waals surface area contributed by atoms with Crippen LogP contribution in [0.1, 0.15) is 31.1 Å². The van der Waals surface area contributed by atoms with E-state index in [9.17, 15) is 5.11 Å². The van der Waals surface area contributed by atoms with Gasteiger partial charge in [-0.05, 0) is 50.6 Å². The highest BCUT2D eigenvalue weighted by molar-refractivity contribution is 5.82. The topological polar surface area (TPSA) is 34.4 Å². The second-order valence-corrected chi connectivity index (χ2v) is 5.90. The molecule has 3 aromatic rings. The van der Waals surface area contributed by atoms with Gasteiger partial charge in [0, 0.05) is 17.5 Å². The van der Waals surface area contributed by atoms with E-state index in [4.69, 9.17) is 4.74 Å². The van der Waals surface area contributed by atoms with E-state index in [0.717, 1.165) is 27.9 Å². The van der Waals surface area contributed by atoms with Crippen molar-refractivity contribution in [3.63, 3.8) is 0 Å². The Kier molecular flexibility index (Phi) is 3.80. The van der Waals surface area contributed by atoms with E-state index in [2.05, 4.69) is 24.5 Å². The Morgan fingerprint density at radius 3 is 2.59 bits per heavy atom. The molecule has 3 nitrogen and oxygen atoms in total. The van der Waals surface area contributed by atoms with E-state index in [1.165, 1.54) is 0 Å². The van der Waals surface area contributed by atoms with Gasteiger partial charge < -0.3 is 14.4 Å². The van der Waals surface area contributed by atoms with Gasteiger partial charge in [0.25, 0.3) is 0 Å². The van der Waals surface area contributed by atoms with Gasteiger partial charge in [-0.25, -0.2) is 0 Å². The minimum absolute atomic E-state index is 0.291. The van der Waals surface area contributed by atoms with Gasteiger partial charge in [0.1, 0.15) is 18.1 Å². The number of aromatic hydroxyl groups is 1. The lowest BCUT2D eigenvalue weighted by molar-refractivity contribution is 0.291. The first-order valence-electron chi connectivity index (χ1n) is 7.57. The smallest absolute Gasteiger partial charge is 0.128 e. The third-order valence-electron chi connectivity index (χ3n) is 3.89. The molecule has 114 valence electrons. The average molecular weight is 295 g/mol. The Balaban J connectivity index is 1.96. The zero-order chi connectivity index (χ0) is 15.7. The van der Waals surface area contributed by atoms with Gasteiger partial charge in [-0.1, -0.05) is 18.2 Å². The van der Waals surface area contributed by atoms with Gasteiger partial charge in [-0.15, -0.1) is 0 Å². The maximum absolute atomic E-state index is 9.75. The fourth-order valence-electron chi connectivity index (χ4n) is 2.86.